The first-order valence-corrected chi connectivity index (χ1v) is 5.90. The van der Waals surface area contributed by atoms with Crippen LogP contribution in [0.5, 0.6) is 0 Å². The lowest BCUT2D eigenvalue weighted by Gasteiger charge is -2.09. The number of pyridine rings is 1. The molecule has 100 valence electrons. The van der Waals surface area contributed by atoms with Crippen molar-refractivity contribution in [3.05, 3.63) is 23.9 Å². The van der Waals surface area contributed by atoms with Crippen molar-refractivity contribution in [1.82, 2.24) is 4.98 Å². The molecule has 1 N–H and O–H groups in total. The Morgan fingerprint density at radius 3 is 2.83 bits per heavy atom. The Kier molecular flexibility index (Phi) is 4.06. The fraction of sp³-hybridized carbons (Fsp3) is 0.583. The highest BCUT2D eigenvalue weighted by Crippen LogP contribution is 2.30. The molecule has 0 spiro atoms. The molecule has 1 aromatic heterocycles. The van der Waals surface area contributed by atoms with Crippen LogP contribution in [0.4, 0.5) is 19.0 Å². The molecule has 1 heterocycles. The molecule has 0 aliphatic heterocycles. The summed E-state index contributed by atoms with van der Waals surface area (Å²) in [4.78, 5) is 3.83. The largest absolute Gasteiger partial charge is 0.416 e. The topological polar surface area (TPSA) is 34.2 Å². The van der Waals surface area contributed by atoms with Crippen molar-refractivity contribution in [2.24, 2.45) is 5.92 Å². The number of hydrogen-bond donors (Lipinski definition) is 1. The Morgan fingerprint density at radius 1 is 1.39 bits per heavy atom. The van der Waals surface area contributed by atoms with Crippen LogP contribution in [-0.4, -0.2) is 24.7 Å². The summed E-state index contributed by atoms with van der Waals surface area (Å²) in [7, 11) is 0. The maximum absolute atomic E-state index is 12.4. The highest BCUT2D eigenvalue weighted by Gasteiger charge is 2.30. The molecule has 0 saturated heterocycles. The number of nitrogens with one attached hydrogen (secondary N) is 1. The van der Waals surface area contributed by atoms with Gasteiger partial charge in [-0.3, -0.25) is 0 Å². The zero-order valence-electron chi connectivity index (χ0n) is 9.83. The van der Waals surface area contributed by atoms with Gasteiger partial charge in [-0.25, -0.2) is 4.98 Å². The number of alkyl halides is 3. The fourth-order valence-corrected chi connectivity index (χ4v) is 1.49. The summed E-state index contributed by atoms with van der Waals surface area (Å²) >= 11 is 0. The zero-order valence-corrected chi connectivity index (χ0v) is 9.83. The Balaban J connectivity index is 1.74. The van der Waals surface area contributed by atoms with E-state index in [0.717, 1.165) is 24.9 Å². The first-order valence-electron chi connectivity index (χ1n) is 5.90. The van der Waals surface area contributed by atoms with Crippen LogP contribution in [0.15, 0.2) is 18.3 Å². The summed E-state index contributed by atoms with van der Waals surface area (Å²) in [5, 5.41) is 2.82. The van der Waals surface area contributed by atoms with Gasteiger partial charge < -0.3 is 10.1 Å². The molecule has 18 heavy (non-hydrogen) atoms. The third-order valence-corrected chi connectivity index (χ3v) is 2.69. The van der Waals surface area contributed by atoms with Crippen molar-refractivity contribution >= 4 is 5.82 Å². The van der Waals surface area contributed by atoms with Gasteiger partial charge >= 0.3 is 6.18 Å². The van der Waals surface area contributed by atoms with Crippen molar-refractivity contribution in [1.29, 1.82) is 0 Å². The molecule has 0 atom stereocenters. The lowest BCUT2D eigenvalue weighted by atomic mass is 10.2. The van der Waals surface area contributed by atoms with E-state index in [1.54, 1.807) is 0 Å². The maximum Gasteiger partial charge on any atom is 0.416 e. The molecule has 1 aliphatic rings. The average Bonchev–Trinajstić information content (AvgIpc) is 3.12. The lowest BCUT2D eigenvalue weighted by Crippen LogP contribution is -2.12. The minimum absolute atomic E-state index is 0.222. The monoisotopic (exact) mass is 260 g/mol. The minimum atomic E-state index is -4.33. The number of hydrogen-bond acceptors (Lipinski definition) is 3. The quantitative estimate of drug-likeness (QED) is 0.798. The van der Waals surface area contributed by atoms with Gasteiger partial charge in [0.25, 0.3) is 0 Å². The molecular weight excluding hydrogens is 245 g/mol. The van der Waals surface area contributed by atoms with Gasteiger partial charge in [-0.2, -0.15) is 13.2 Å². The Labute approximate surface area is 103 Å². The van der Waals surface area contributed by atoms with Crippen LogP contribution in [0, 0.1) is 5.92 Å². The number of aromatic nitrogens is 1. The van der Waals surface area contributed by atoms with Gasteiger partial charge in [0.05, 0.1) is 12.2 Å². The SMILES string of the molecule is FC(F)(F)c1ccnc(NCCOCC2CC2)c1. The van der Waals surface area contributed by atoms with E-state index in [2.05, 4.69) is 10.3 Å². The van der Waals surface area contributed by atoms with Crippen LogP contribution in [0.1, 0.15) is 18.4 Å². The average molecular weight is 260 g/mol. The van der Waals surface area contributed by atoms with Crippen molar-refractivity contribution in [2.45, 2.75) is 19.0 Å². The lowest BCUT2D eigenvalue weighted by molar-refractivity contribution is -0.137. The highest BCUT2D eigenvalue weighted by atomic mass is 19.4. The summed E-state index contributed by atoms with van der Waals surface area (Å²) < 4.78 is 42.6. The van der Waals surface area contributed by atoms with Gasteiger partial charge in [0.1, 0.15) is 5.82 Å². The third kappa shape index (κ3) is 4.18. The second-order valence-electron chi connectivity index (χ2n) is 4.37. The predicted molar refractivity (Wildman–Crippen MR) is 61.3 cm³/mol. The van der Waals surface area contributed by atoms with Crippen LogP contribution in [0.2, 0.25) is 0 Å². The van der Waals surface area contributed by atoms with Crippen LogP contribution in [-0.2, 0) is 10.9 Å². The smallest absolute Gasteiger partial charge is 0.379 e. The molecule has 3 nitrogen and oxygen atoms in total. The number of ether oxygens (including phenoxy) is 1. The standard InChI is InChI=1S/C12H15F3N2O/c13-12(14,15)10-3-4-16-11(7-10)17-5-6-18-8-9-1-2-9/h3-4,7,9H,1-2,5-6,8H2,(H,16,17). The molecule has 6 heteroatoms. The Hall–Kier alpha value is -1.30. The minimum Gasteiger partial charge on any atom is -0.379 e. The number of anilines is 1. The summed E-state index contributed by atoms with van der Waals surface area (Å²) in [6, 6.07) is 1.95. The first kappa shape index (κ1) is 13.1. The molecule has 0 bridgehead atoms. The Bertz CT molecular complexity index is 391. The van der Waals surface area contributed by atoms with Gasteiger partial charge in [0, 0.05) is 19.3 Å². The van der Waals surface area contributed by atoms with Crippen LogP contribution in [0.3, 0.4) is 0 Å². The molecule has 1 fully saturated rings. The summed E-state index contributed by atoms with van der Waals surface area (Å²) in [6.45, 7) is 1.69. The molecule has 1 saturated carbocycles. The second kappa shape index (κ2) is 5.56. The Morgan fingerprint density at radius 2 is 2.17 bits per heavy atom. The summed E-state index contributed by atoms with van der Waals surface area (Å²) in [6.07, 6.45) is -0.733. The molecule has 0 unspecified atom stereocenters. The van der Waals surface area contributed by atoms with E-state index in [4.69, 9.17) is 4.74 Å². The van der Waals surface area contributed by atoms with E-state index < -0.39 is 11.7 Å². The first-order chi connectivity index (χ1) is 8.55. The molecule has 0 radical (unpaired) electrons. The normalized spacial score (nSPS) is 15.7. The van der Waals surface area contributed by atoms with Gasteiger partial charge in [-0.1, -0.05) is 0 Å². The molecule has 0 amide bonds. The molecule has 1 aromatic rings. The predicted octanol–water partition coefficient (Wildman–Crippen LogP) is 2.94. The van der Waals surface area contributed by atoms with Gasteiger partial charge in [0.15, 0.2) is 0 Å². The van der Waals surface area contributed by atoms with E-state index in [0.29, 0.717) is 19.1 Å². The van der Waals surface area contributed by atoms with Crippen LogP contribution in [0.25, 0.3) is 0 Å². The van der Waals surface area contributed by atoms with E-state index >= 15 is 0 Å². The fourth-order valence-electron chi connectivity index (χ4n) is 1.49. The zero-order chi connectivity index (χ0) is 13.0. The van der Waals surface area contributed by atoms with E-state index in [9.17, 15) is 13.2 Å². The third-order valence-electron chi connectivity index (χ3n) is 2.69. The summed E-state index contributed by atoms with van der Waals surface area (Å²) in [5.41, 5.74) is -0.695. The second-order valence-corrected chi connectivity index (χ2v) is 4.37. The highest BCUT2D eigenvalue weighted by molar-refractivity contribution is 5.38. The van der Waals surface area contributed by atoms with Crippen molar-refractivity contribution in [3.8, 4) is 0 Å². The van der Waals surface area contributed by atoms with Gasteiger partial charge in [-0.15, -0.1) is 0 Å². The van der Waals surface area contributed by atoms with Crippen molar-refractivity contribution in [2.75, 3.05) is 25.1 Å². The number of nitrogens with zero attached hydrogens (tertiary/aromatic N) is 1. The number of rotatable bonds is 6. The van der Waals surface area contributed by atoms with Gasteiger partial charge in [-0.05, 0) is 30.9 Å². The van der Waals surface area contributed by atoms with Crippen LogP contribution < -0.4 is 5.32 Å². The van der Waals surface area contributed by atoms with Crippen molar-refractivity contribution < 1.29 is 17.9 Å². The number of halogens is 3. The molecule has 1 aliphatic carbocycles. The molecular formula is C12H15F3N2O. The molecule has 2 rings (SSSR count). The maximum atomic E-state index is 12.4. The van der Waals surface area contributed by atoms with Crippen LogP contribution >= 0.6 is 0 Å². The van der Waals surface area contributed by atoms with E-state index in [1.807, 2.05) is 0 Å². The summed E-state index contributed by atoms with van der Waals surface area (Å²) in [5.74, 6) is 0.913. The van der Waals surface area contributed by atoms with E-state index in [1.165, 1.54) is 12.8 Å². The van der Waals surface area contributed by atoms with Gasteiger partial charge in [0.2, 0.25) is 0 Å². The molecule has 0 aromatic carbocycles. The van der Waals surface area contributed by atoms with E-state index in [-0.39, 0.29) is 5.82 Å². The van der Waals surface area contributed by atoms with Crippen molar-refractivity contribution in [3.63, 3.8) is 0 Å².